The highest BCUT2D eigenvalue weighted by Gasteiger charge is 2.30. The first-order valence-electron chi connectivity index (χ1n) is 6.39. The second kappa shape index (κ2) is 7.09. The van der Waals surface area contributed by atoms with Gasteiger partial charge in [-0.2, -0.15) is 13.2 Å². The van der Waals surface area contributed by atoms with Gasteiger partial charge in [0.05, 0.1) is 5.56 Å². The fourth-order valence-electron chi connectivity index (χ4n) is 2.26. The molecule has 1 fully saturated rings. The molecule has 0 amide bonds. The Hall–Kier alpha value is -1.07. The highest BCUT2D eigenvalue weighted by atomic mass is 35.5. The van der Waals surface area contributed by atoms with Gasteiger partial charge in [0.2, 0.25) is 0 Å². The SMILES string of the molecule is Cl.O=C(CCN1CCCC1)c1ccc(C(F)(F)F)cc1. The quantitative estimate of drug-likeness (QED) is 0.789. The average Bonchev–Trinajstić information content (AvgIpc) is 2.88. The minimum Gasteiger partial charge on any atom is -0.303 e. The molecular weight excluding hydrogens is 291 g/mol. The molecule has 0 aliphatic carbocycles. The van der Waals surface area contributed by atoms with Crippen LogP contribution in [0, 0.1) is 0 Å². The molecule has 6 heteroatoms. The van der Waals surface area contributed by atoms with Crippen LogP contribution < -0.4 is 0 Å². The third kappa shape index (κ3) is 4.49. The summed E-state index contributed by atoms with van der Waals surface area (Å²) >= 11 is 0. The summed E-state index contributed by atoms with van der Waals surface area (Å²) in [5, 5.41) is 0. The summed E-state index contributed by atoms with van der Waals surface area (Å²) in [4.78, 5) is 14.1. The number of halogens is 4. The van der Waals surface area contributed by atoms with E-state index in [1.807, 2.05) is 0 Å². The van der Waals surface area contributed by atoms with Crippen LogP contribution >= 0.6 is 12.4 Å². The smallest absolute Gasteiger partial charge is 0.303 e. The molecule has 1 heterocycles. The van der Waals surface area contributed by atoms with Gasteiger partial charge in [-0.15, -0.1) is 12.4 Å². The maximum Gasteiger partial charge on any atom is 0.416 e. The summed E-state index contributed by atoms with van der Waals surface area (Å²) in [7, 11) is 0. The maximum atomic E-state index is 12.4. The summed E-state index contributed by atoms with van der Waals surface area (Å²) in [5.41, 5.74) is -0.365. The third-order valence-corrected chi connectivity index (χ3v) is 3.39. The molecule has 1 aliphatic rings. The minimum atomic E-state index is -4.35. The molecule has 1 saturated heterocycles. The number of Topliss-reactive ketones (excluding diaryl/α,β-unsaturated/α-hetero) is 1. The number of nitrogens with zero attached hydrogens (tertiary/aromatic N) is 1. The lowest BCUT2D eigenvalue weighted by atomic mass is 10.1. The highest BCUT2D eigenvalue weighted by Crippen LogP contribution is 2.29. The third-order valence-electron chi connectivity index (χ3n) is 3.39. The Kier molecular flexibility index (Phi) is 6.02. The Balaban J connectivity index is 0.00000200. The highest BCUT2D eigenvalue weighted by molar-refractivity contribution is 5.96. The van der Waals surface area contributed by atoms with Crippen LogP contribution in [0.5, 0.6) is 0 Å². The zero-order chi connectivity index (χ0) is 13.9. The minimum absolute atomic E-state index is 0. The Morgan fingerprint density at radius 1 is 1.10 bits per heavy atom. The zero-order valence-electron chi connectivity index (χ0n) is 10.9. The van der Waals surface area contributed by atoms with E-state index in [4.69, 9.17) is 0 Å². The molecule has 1 aromatic carbocycles. The Labute approximate surface area is 122 Å². The Morgan fingerprint density at radius 3 is 2.15 bits per heavy atom. The van der Waals surface area contributed by atoms with Gasteiger partial charge in [0.25, 0.3) is 0 Å². The number of rotatable bonds is 4. The molecular formula is C14H17ClF3NO. The summed E-state index contributed by atoms with van der Waals surface area (Å²) < 4.78 is 37.1. The van der Waals surface area contributed by atoms with Gasteiger partial charge < -0.3 is 4.90 Å². The first-order valence-corrected chi connectivity index (χ1v) is 6.39. The fourth-order valence-corrected chi connectivity index (χ4v) is 2.26. The van der Waals surface area contributed by atoms with E-state index in [0.29, 0.717) is 18.5 Å². The van der Waals surface area contributed by atoms with E-state index in [2.05, 4.69) is 4.90 Å². The van der Waals surface area contributed by atoms with Crippen LogP contribution in [-0.4, -0.2) is 30.3 Å². The van der Waals surface area contributed by atoms with E-state index >= 15 is 0 Å². The first kappa shape index (κ1) is 17.0. The van der Waals surface area contributed by atoms with Crippen LogP contribution in [-0.2, 0) is 6.18 Å². The molecule has 0 saturated carbocycles. The van der Waals surface area contributed by atoms with Crippen LogP contribution in [0.1, 0.15) is 35.2 Å². The van der Waals surface area contributed by atoms with Crippen molar-refractivity contribution in [2.75, 3.05) is 19.6 Å². The van der Waals surface area contributed by atoms with Crippen molar-refractivity contribution in [2.24, 2.45) is 0 Å². The predicted molar refractivity (Wildman–Crippen MR) is 73.3 cm³/mol. The van der Waals surface area contributed by atoms with Crippen molar-refractivity contribution in [1.29, 1.82) is 0 Å². The molecule has 0 radical (unpaired) electrons. The van der Waals surface area contributed by atoms with E-state index in [-0.39, 0.29) is 18.2 Å². The standard InChI is InChI=1S/C14H16F3NO.ClH/c15-14(16,17)12-5-3-11(4-6-12)13(19)7-10-18-8-1-2-9-18;/h3-6H,1-2,7-10H2;1H. The molecule has 0 aromatic heterocycles. The van der Waals surface area contributed by atoms with Crippen molar-refractivity contribution < 1.29 is 18.0 Å². The van der Waals surface area contributed by atoms with Gasteiger partial charge in [-0.05, 0) is 38.1 Å². The summed E-state index contributed by atoms with van der Waals surface area (Å²) in [6, 6.07) is 4.44. The number of hydrogen-bond acceptors (Lipinski definition) is 2. The average molecular weight is 308 g/mol. The van der Waals surface area contributed by atoms with E-state index in [1.165, 1.54) is 12.1 Å². The fraction of sp³-hybridized carbons (Fsp3) is 0.500. The van der Waals surface area contributed by atoms with Gasteiger partial charge in [0.1, 0.15) is 0 Å². The zero-order valence-corrected chi connectivity index (χ0v) is 11.8. The lowest BCUT2D eigenvalue weighted by Crippen LogP contribution is -2.22. The monoisotopic (exact) mass is 307 g/mol. The molecule has 0 unspecified atom stereocenters. The number of hydrogen-bond donors (Lipinski definition) is 0. The van der Waals surface area contributed by atoms with Crippen molar-refractivity contribution in [2.45, 2.75) is 25.4 Å². The van der Waals surface area contributed by atoms with E-state index in [1.54, 1.807) is 0 Å². The largest absolute Gasteiger partial charge is 0.416 e. The second-order valence-electron chi connectivity index (χ2n) is 4.80. The van der Waals surface area contributed by atoms with E-state index < -0.39 is 11.7 Å². The van der Waals surface area contributed by atoms with Crippen molar-refractivity contribution in [1.82, 2.24) is 4.90 Å². The van der Waals surface area contributed by atoms with E-state index in [0.717, 1.165) is 38.1 Å². The van der Waals surface area contributed by atoms with Gasteiger partial charge in [-0.25, -0.2) is 0 Å². The van der Waals surface area contributed by atoms with Gasteiger partial charge in [0, 0.05) is 18.5 Å². The number of likely N-dealkylation sites (tertiary alicyclic amines) is 1. The summed E-state index contributed by atoms with van der Waals surface area (Å²) in [5.74, 6) is -0.0966. The lowest BCUT2D eigenvalue weighted by molar-refractivity contribution is -0.137. The van der Waals surface area contributed by atoms with Crippen LogP contribution in [0.3, 0.4) is 0 Å². The molecule has 2 rings (SSSR count). The summed E-state index contributed by atoms with van der Waals surface area (Å²) in [6.45, 7) is 2.72. The van der Waals surface area contributed by atoms with Crippen LogP contribution in [0.2, 0.25) is 0 Å². The molecule has 0 bridgehead atoms. The molecule has 0 spiro atoms. The van der Waals surface area contributed by atoms with Gasteiger partial charge in [-0.1, -0.05) is 12.1 Å². The van der Waals surface area contributed by atoms with Crippen LogP contribution in [0.4, 0.5) is 13.2 Å². The lowest BCUT2D eigenvalue weighted by Gasteiger charge is -2.13. The van der Waals surface area contributed by atoms with Crippen molar-refractivity contribution in [3.05, 3.63) is 35.4 Å². The van der Waals surface area contributed by atoms with Gasteiger partial charge in [0.15, 0.2) is 5.78 Å². The topological polar surface area (TPSA) is 20.3 Å². The Morgan fingerprint density at radius 2 is 1.65 bits per heavy atom. The second-order valence-corrected chi connectivity index (χ2v) is 4.80. The molecule has 20 heavy (non-hydrogen) atoms. The van der Waals surface area contributed by atoms with Crippen molar-refractivity contribution in [3.8, 4) is 0 Å². The molecule has 0 atom stereocenters. The number of alkyl halides is 3. The molecule has 1 aromatic rings. The number of ketones is 1. The van der Waals surface area contributed by atoms with Crippen LogP contribution in [0.15, 0.2) is 24.3 Å². The van der Waals surface area contributed by atoms with Gasteiger partial charge in [-0.3, -0.25) is 4.79 Å². The Bertz CT molecular complexity index is 439. The molecule has 2 nitrogen and oxygen atoms in total. The van der Waals surface area contributed by atoms with Crippen molar-refractivity contribution >= 4 is 18.2 Å². The van der Waals surface area contributed by atoms with Gasteiger partial charge >= 0.3 is 6.18 Å². The normalized spacial score (nSPS) is 15.9. The predicted octanol–water partition coefficient (Wildman–Crippen LogP) is 3.80. The van der Waals surface area contributed by atoms with Crippen molar-refractivity contribution in [3.63, 3.8) is 0 Å². The van der Waals surface area contributed by atoms with E-state index in [9.17, 15) is 18.0 Å². The number of carbonyl (C=O) groups excluding carboxylic acids is 1. The molecule has 0 N–H and O–H groups in total. The molecule has 1 aliphatic heterocycles. The summed E-state index contributed by atoms with van der Waals surface area (Å²) in [6.07, 6.45) is -1.66. The molecule has 112 valence electrons. The first-order chi connectivity index (χ1) is 8.97. The maximum absolute atomic E-state index is 12.4. The number of benzene rings is 1. The van der Waals surface area contributed by atoms with Crippen LogP contribution in [0.25, 0.3) is 0 Å². The number of carbonyl (C=O) groups is 1.